The number of aryl methyl sites for hydroxylation is 2. The van der Waals surface area contributed by atoms with Crippen molar-refractivity contribution in [3.05, 3.63) is 53.3 Å². The zero-order chi connectivity index (χ0) is 20.5. The van der Waals surface area contributed by atoms with Crippen molar-refractivity contribution < 1.29 is 14.0 Å². The Bertz CT molecular complexity index is 1060. The number of hydrogen-bond donors (Lipinski definition) is 0. The average Bonchev–Trinajstić information content (AvgIpc) is 3.36. The van der Waals surface area contributed by atoms with Crippen LogP contribution in [0.2, 0.25) is 5.02 Å². The van der Waals surface area contributed by atoms with Gasteiger partial charge in [0.15, 0.2) is 0 Å². The van der Waals surface area contributed by atoms with E-state index < -0.39 is 0 Å². The van der Waals surface area contributed by atoms with Gasteiger partial charge in [0.05, 0.1) is 0 Å². The van der Waals surface area contributed by atoms with Crippen LogP contribution >= 0.6 is 11.6 Å². The molecule has 0 radical (unpaired) electrons. The molecule has 29 heavy (non-hydrogen) atoms. The summed E-state index contributed by atoms with van der Waals surface area (Å²) in [6.45, 7) is 2.33. The lowest BCUT2D eigenvalue weighted by Gasteiger charge is -2.13. The number of imidazole rings is 1. The molecule has 3 amide bonds. The van der Waals surface area contributed by atoms with Crippen molar-refractivity contribution in [2.24, 2.45) is 0 Å². The molecule has 0 spiro atoms. The fraction of sp³-hybridized carbons (Fsp3) is 0.300. The van der Waals surface area contributed by atoms with E-state index in [9.17, 15) is 9.59 Å². The first-order chi connectivity index (χ1) is 13.9. The molecule has 0 atom stereocenters. The third-order valence-corrected chi connectivity index (χ3v) is 5.10. The van der Waals surface area contributed by atoms with Crippen LogP contribution in [-0.4, -0.2) is 56.4 Å². The van der Waals surface area contributed by atoms with E-state index in [-0.39, 0.29) is 18.5 Å². The second-order valence-corrected chi connectivity index (χ2v) is 7.34. The number of aromatic nitrogens is 3. The Kier molecular flexibility index (Phi) is 5.10. The van der Waals surface area contributed by atoms with E-state index in [1.807, 2.05) is 19.1 Å². The molecule has 0 unspecified atom stereocenters. The van der Waals surface area contributed by atoms with E-state index in [1.165, 1.54) is 9.80 Å². The standard InChI is InChI=1S/C20H20ClN5O3/c1-13-22-9-11-25(13)19-23-18(14-5-7-15(21)8-6-14)16(29-19)4-3-10-26-17(27)12-24(2)20(26)28/h5-9,11H,3-4,10,12H2,1-2H3. The number of carbonyl (C=O) groups excluding carboxylic acids is 2. The summed E-state index contributed by atoms with van der Waals surface area (Å²) in [5, 5.41) is 0.639. The SMILES string of the molecule is Cc1nccn1-c1nc(-c2ccc(Cl)cc2)c(CCCN2C(=O)CN(C)C2=O)o1. The van der Waals surface area contributed by atoms with Gasteiger partial charge < -0.3 is 9.32 Å². The molecular weight excluding hydrogens is 394 g/mol. The minimum Gasteiger partial charge on any atom is -0.427 e. The van der Waals surface area contributed by atoms with Gasteiger partial charge in [0.2, 0.25) is 5.91 Å². The summed E-state index contributed by atoms with van der Waals surface area (Å²) < 4.78 is 7.81. The van der Waals surface area contributed by atoms with Crippen molar-refractivity contribution in [2.75, 3.05) is 20.1 Å². The summed E-state index contributed by atoms with van der Waals surface area (Å²) in [7, 11) is 1.62. The molecule has 1 aromatic carbocycles. The number of urea groups is 1. The van der Waals surface area contributed by atoms with Crippen LogP contribution in [0.1, 0.15) is 18.0 Å². The number of likely N-dealkylation sites (N-methyl/N-ethyl adjacent to an activating group) is 1. The van der Waals surface area contributed by atoms with Gasteiger partial charge in [0, 0.05) is 43.0 Å². The fourth-order valence-corrected chi connectivity index (χ4v) is 3.44. The Morgan fingerprint density at radius 1 is 1.21 bits per heavy atom. The van der Waals surface area contributed by atoms with Gasteiger partial charge in [-0.15, -0.1) is 0 Å². The van der Waals surface area contributed by atoms with E-state index in [4.69, 9.17) is 16.0 Å². The molecule has 0 bridgehead atoms. The predicted octanol–water partition coefficient (Wildman–Crippen LogP) is 3.32. The smallest absolute Gasteiger partial charge is 0.326 e. The zero-order valence-electron chi connectivity index (χ0n) is 16.1. The summed E-state index contributed by atoms with van der Waals surface area (Å²) >= 11 is 6.01. The van der Waals surface area contributed by atoms with E-state index in [1.54, 1.807) is 36.1 Å². The highest BCUT2D eigenvalue weighted by atomic mass is 35.5. The molecule has 1 saturated heterocycles. The first kappa shape index (κ1) is 19.2. The Morgan fingerprint density at radius 3 is 2.59 bits per heavy atom. The lowest BCUT2D eigenvalue weighted by molar-refractivity contribution is -0.125. The summed E-state index contributed by atoms with van der Waals surface area (Å²) in [5.41, 5.74) is 1.59. The van der Waals surface area contributed by atoms with Crippen LogP contribution in [0.4, 0.5) is 4.79 Å². The quantitative estimate of drug-likeness (QED) is 0.579. The Morgan fingerprint density at radius 2 is 1.97 bits per heavy atom. The van der Waals surface area contributed by atoms with Gasteiger partial charge in [-0.25, -0.2) is 9.78 Å². The first-order valence-electron chi connectivity index (χ1n) is 9.25. The molecule has 1 aliphatic heterocycles. The number of imide groups is 1. The third kappa shape index (κ3) is 3.75. The molecule has 150 valence electrons. The van der Waals surface area contributed by atoms with Crippen LogP contribution in [0.15, 0.2) is 41.1 Å². The van der Waals surface area contributed by atoms with E-state index >= 15 is 0 Å². The second kappa shape index (κ2) is 7.71. The molecule has 4 rings (SSSR count). The molecule has 8 nitrogen and oxygen atoms in total. The van der Waals surface area contributed by atoms with E-state index in [0.717, 1.165) is 11.4 Å². The number of halogens is 1. The molecule has 1 aliphatic rings. The van der Waals surface area contributed by atoms with Crippen LogP contribution in [-0.2, 0) is 11.2 Å². The van der Waals surface area contributed by atoms with Gasteiger partial charge in [-0.05, 0) is 25.5 Å². The molecule has 9 heteroatoms. The molecule has 0 saturated carbocycles. The molecule has 3 aromatic rings. The van der Waals surface area contributed by atoms with Crippen LogP contribution < -0.4 is 0 Å². The monoisotopic (exact) mass is 413 g/mol. The van der Waals surface area contributed by atoms with Crippen LogP contribution in [0, 0.1) is 6.92 Å². The maximum absolute atomic E-state index is 12.0. The minimum absolute atomic E-state index is 0.126. The highest BCUT2D eigenvalue weighted by molar-refractivity contribution is 6.30. The molecule has 1 fully saturated rings. The molecular formula is C20H20ClN5O3. The van der Waals surface area contributed by atoms with Crippen molar-refractivity contribution in [3.8, 4) is 17.3 Å². The van der Waals surface area contributed by atoms with Crippen LogP contribution in [0.5, 0.6) is 0 Å². The summed E-state index contributed by atoms with van der Waals surface area (Å²) in [5.74, 6) is 1.27. The number of hydrogen-bond acceptors (Lipinski definition) is 5. The van der Waals surface area contributed by atoms with Crippen molar-refractivity contribution in [2.45, 2.75) is 19.8 Å². The van der Waals surface area contributed by atoms with Crippen LogP contribution in [0.3, 0.4) is 0 Å². The van der Waals surface area contributed by atoms with Crippen molar-refractivity contribution in [1.29, 1.82) is 0 Å². The Hall–Kier alpha value is -3.13. The highest BCUT2D eigenvalue weighted by Gasteiger charge is 2.33. The fourth-order valence-electron chi connectivity index (χ4n) is 3.31. The van der Waals surface area contributed by atoms with Crippen molar-refractivity contribution in [1.82, 2.24) is 24.3 Å². The average molecular weight is 414 g/mol. The summed E-state index contributed by atoms with van der Waals surface area (Å²) in [6.07, 6.45) is 4.57. The maximum atomic E-state index is 12.0. The minimum atomic E-state index is -0.264. The summed E-state index contributed by atoms with van der Waals surface area (Å²) in [6, 6.07) is 7.53. The zero-order valence-corrected chi connectivity index (χ0v) is 16.9. The molecule has 2 aromatic heterocycles. The molecule has 0 N–H and O–H groups in total. The lowest BCUT2D eigenvalue weighted by atomic mass is 10.1. The first-order valence-corrected chi connectivity index (χ1v) is 9.63. The lowest BCUT2D eigenvalue weighted by Crippen LogP contribution is -2.32. The molecule has 0 aliphatic carbocycles. The van der Waals surface area contributed by atoms with E-state index in [2.05, 4.69) is 9.97 Å². The third-order valence-electron chi connectivity index (χ3n) is 4.85. The number of benzene rings is 1. The summed E-state index contributed by atoms with van der Waals surface area (Å²) in [4.78, 5) is 35.6. The molecule has 3 heterocycles. The van der Waals surface area contributed by atoms with Crippen molar-refractivity contribution >= 4 is 23.5 Å². The van der Waals surface area contributed by atoms with Gasteiger partial charge in [-0.3, -0.25) is 14.3 Å². The van der Waals surface area contributed by atoms with Gasteiger partial charge >= 0.3 is 12.0 Å². The van der Waals surface area contributed by atoms with Gasteiger partial charge in [-0.2, -0.15) is 4.98 Å². The van der Waals surface area contributed by atoms with Crippen molar-refractivity contribution in [3.63, 3.8) is 0 Å². The number of rotatable bonds is 6. The Labute approximate surface area is 172 Å². The maximum Gasteiger partial charge on any atom is 0.326 e. The van der Waals surface area contributed by atoms with Gasteiger partial charge in [0.25, 0.3) is 0 Å². The van der Waals surface area contributed by atoms with Crippen LogP contribution in [0.25, 0.3) is 17.3 Å². The van der Waals surface area contributed by atoms with E-state index in [0.29, 0.717) is 41.9 Å². The largest absolute Gasteiger partial charge is 0.427 e. The number of amides is 3. The number of carbonyl (C=O) groups is 2. The normalized spacial score (nSPS) is 14.3. The predicted molar refractivity (Wildman–Crippen MR) is 107 cm³/mol. The number of nitrogens with zero attached hydrogens (tertiary/aromatic N) is 5. The van der Waals surface area contributed by atoms with Gasteiger partial charge in [0.1, 0.15) is 23.8 Å². The number of oxazole rings is 1. The highest BCUT2D eigenvalue weighted by Crippen LogP contribution is 2.28. The topological polar surface area (TPSA) is 84.5 Å². The van der Waals surface area contributed by atoms with Gasteiger partial charge in [-0.1, -0.05) is 23.7 Å². The Balaban J connectivity index is 1.58. The second-order valence-electron chi connectivity index (χ2n) is 6.91.